The summed E-state index contributed by atoms with van der Waals surface area (Å²) in [5.41, 5.74) is 0.688. The first-order chi connectivity index (χ1) is 13.2. The van der Waals surface area contributed by atoms with Crippen molar-refractivity contribution in [3.8, 4) is 11.5 Å². The van der Waals surface area contributed by atoms with Crippen molar-refractivity contribution in [1.82, 2.24) is 20.0 Å². The van der Waals surface area contributed by atoms with Gasteiger partial charge in [0.25, 0.3) is 5.89 Å². The molecule has 1 aromatic carbocycles. The number of nitrogens with zero attached hydrogens (tertiary/aromatic N) is 4. The quantitative estimate of drug-likeness (QED) is 0.724. The lowest BCUT2D eigenvalue weighted by Crippen LogP contribution is -2.38. The number of rotatable bonds is 5. The maximum absolute atomic E-state index is 13.0. The zero-order valence-corrected chi connectivity index (χ0v) is 15.3. The molecule has 1 amide bonds. The Kier molecular flexibility index (Phi) is 5.21. The molecule has 140 valence electrons. The van der Waals surface area contributed by atoms with E-state index in [2.05, 4.69) is 25.3 Å². The zero-order chi connectivity index (χ0) is 18.6. The number of carbonyl (C=O) groups is 1. The number of likely N-dealkylation sites (tertiary alicyclic amines) is 1. The predicted molar refractivity (Wildman–Crippen MR) is 98.4 cm³/mol. The minimum absolute atomic E-state index is 0.00908. The lowest BCUT2D eigenvalue weighted by atomic mass is 9.96. The molecule has 3 aromatic rings. The van der Waals surface area contributed by atoms with E-state index in [1.165, 1.54) is 23.5 Å². The fourth-order valence-electron chi connectivity index (χ4n) is 3.07. The number of amides is 1. The molecule has 0 unspecified atom stereocenters. The molecule has 7 nitrogen and oxygen atoms in total. The molecule has 0 radical (unpaired) electrons. The predicted octanol–water partition coefficient (Wildman–Crippen LogP) is 3.18. The molecule has 1 aliphatic heterocycles. The number of carbonyl (C=O) groups excluding carboxylic acids is 1. The molecule has 1 N–H and O–H groups in total. The van der Waals surface area contributed by atoms with Crippen LogP contribution in [0.2, 0.25) is 0 Å². The van der Waals surface area contributed by atoms with Gasteiger partial charge in [-0.3, -0.25) is 9.69 Å². The lowest BCUT2D eigenvalue weighted by Gasteiger charge is -2.30. The highest BCUT2D eigenvalue weighted by Gasteiger charge is 2.26. The Morgan fingerprint density at radius 3 is 2.78 bits per heavy atom. The SMILES string of the molecule is O=C(Nc1nccs1)C1CCN(Cc2noc(-c3ccc(F)cc3)n2)CC1. The number of nitrogens with one attached hydrogen (secondary N) is 1. The molecular formula is C18H18FN5O2S. The Bertz CT molecular complexity index is 889. The second kappa shape index (κ2) is 7.93. The molecule has 1 fully saturated rings. The summed E-state index contributed by atoms with van der Waals surface area (Å²) in [6.07, 6.45) is 3.23. The van der Waals surface area contributed by atoms with Crippen LogP contribution in [-0.4, -0.2) is 39.0 Å². The molecule has 4 rings (SSSR count). The molecule has 3 heterocycles. The van der Waals surface area contributed by atoms with Gasteiger partial charge in [-0.1, -0.05) is 5.16 Å². The molecule has 0 atom stereocenters. The highest BCUT2D eigenvalue weighted by molar-refractivity contribution is 7.13. The number of hydrogen-bond donors (Lipinski definition) is 1. The van der Waals surface area contributed by atoms with Crippen LogP contribution in [0.4, 0.5) is 9.52 Å². The monoisotopic (exact) mass is 387 g/mol. The third-order valence-electron chi connectivity index (χ3n) is 4.55. The van der Waals surface area contributed by atoms with Crippen molar-refractivity contribution in [2.24, 2.45) is 5.92 Å². The van der Waals surface area contributed by atoms with Gasteiger partial charge in [0.2, 0.25) is 5.91 Å². The second-order valence-electron chi connectivity index (χ2n) is 6.40. The Morgan fingerprint density at radius 1 is 1.30 bits per heavy atom. The summed E-state index contributed by atoms with van der Waals surface area (Å²) in [6.45, 7) is 2.14. The molecule has 2 aromatic heterocycles. The van der Waals surface area contributed by atoms with Gasteiger partial charge in [0.15, 0.2) is 11.0 Å². The topological polar surface area (TPSA) is 84.2 Å². The van der Waals surface area contributed by atoms with E-state index in [0.29, 0.717) is 29.0 Å². The van der Waals surface area contributed by atoms with Gasteiger partial charge < -0.3 is 9.84 Å². The number of benzene rings is 1. The van der Waals surface area contributed by atoms with Crippen molar-refractivity contribution >= 4 is 22.4 Å². The summed E-state index contributed by atoms with van der Waals surface area (Å²) in [4.78, 5) is 22.9. The number of thiazole rings is 1. The third-order valence-corrected chi connectivity index (χ3v) is 5.23. The van der Waals surface area contributed by atoms with E-state index in [1.807, 2.05) is 5.38 Å². The van der Waals surface area contributed by atoms with Crippen LogP contribution in [-0.2, 0) is 11.3 Å². The van der Waals surface area contributed by atoms with E-state index < -0.39 is 0 Å². The van der Waals surface area contributed by atoms with Crippen molar-refractivity contribution in [3.63, 3.8) is 0 Å². The molecule has 1 saturated heterocycles. The van der Waals surface area contributed by atoms with Crippen LogP contribution in [0.25, 0.3) is 11.5 Å². The normalized spacial score (nSPS) is 15.7. The van der Waals surface area contributed by atoms with Crippen LogP contribution in [0.15, 0.2) is 40.4 Å². The molecule has 9 heteroatoms. The maximum Gasteiger partial charge on any atom is 0.257 e. The van der Waals surface area contributed by atoms with Crippen molar-refractivity contribution < 1.29 is 13.7 Å². The summed E-state index contributed by atoms with van der Waals surface area (Å²) < 4.78 is 18.3. The Balaban J connectivity index is 1.29. The Labute approximate surface area is 159 Å². The maximum atomic E-state index is 13.0. The van der Waals surface area contributed by atoms with Crippen LogP contribution in [0.5, 0.6) is 0 Å². The van der Waals surface area contributed by atoms with E-state index >= 15 is 0 Å². The molecule has 0 saturated carbocycles. The largest absolute Gasteiger partial charge is 0.334 e. The van der Waals surface area contributed by atoms with E-state index in [-0.39, 0.29) is 17.6 Å². The smallest absolute Gasteiger partial charge is 0.257 e. The van der Waals surface area contributed by atoms with Crippen LogP contribution in [0.3, 0.4) is 0 Å². The number of halogens is 1. The van der Waals surface area contributed by atoms with Crippen LogP contribution in [0, 0.1) is 11.7 Å². The van der Waals surface area contributed by atoms with Crippen LogP contribution >= 0.6 is 11.3 Å². The van der Waals surface area contributed by atoms with Gasteiger partial charge in [-0.25, -0.2) is 9.37 Å². The third kappa shape index (κ3) is 4.37. The average Bonchev–Trinajstić information content (AvgIpc) is 3.35. The molecule has 27 heavy (non-hydrogen) atoms. The number of aromatic nitrogens is 3. The zero-order valence-electron chi connectivity index (χ0n) is 14.5. The highest BCUT2D eigenvalue weighted by atomic mass is 32.1. The highest BCUT2D eigenvalue weighted by Crippen LogP contribution is 2.22. The van der Waals surface area contributed by atoms with E-state index in [4.69, 9.17) is 4.52 Å². The van der Waals surface area contributed by atoms with Gasteiger partial charge >= 0.3 is 0 Å². The van der Waals surface area contributed by atoms with Gasteiger partial charge in [-0.15, -0.1) is 11.3 Å². The van der Waals surface area contributed by atoms with Crippen molar-refractivity contribution in [1.29, 1.82) is 0 Å². The van der Waals surface area contributed by atoms with E-state index in [1.54, 1.807) is 18.3 Å². The summed E-state index contributed by atoms with van der Waals surface area (Å²) in [6, 6.07) is 5.94. The summed E-state index contributed by atoms with van der Waals surface area (Å²) >= 11 is 1.42. The average molecular weight is 387 g/mol. The summed E-state index contributed by atoms with van der Waals surface area (Å²) in [7, 11) is 0. The van der Waals surface area contributed by atoms with Gasteiger partial charge in [0.05, 0.1) is 6.54 Å². The van der Waals surface area contributed by atoms with Gasteiger partial charge in [0, 0.05) is 23.1 Å². The molecule has 0 spiro atoms. The van der Waals surface area contributed by atoms with Gasteiger partial charge in [0.1, 0.15) is 5.82 Å². The van der Waals surface area contributed by atoms with Gasteiger partial charge in [-0.05, 0) is 50.2 Å². The molecule has 0 aliphatic carbocycles. The lowest BCUT2D eigenvalue weighted by molar-refractivity contribution is -0.121. The minimum Gasteiger partial charge on any atom is -0.334 e. The Morgan fingerprint density at radius 2 is 2.07 bits per heavy atom. The van der Waals surface area contributed by atoms with Crippen molar-refractivity contribution in [2.75, 3.05) is 18.4 Å². The number of anilines is 1. The van der Waals surface area contributed by atoms with Crippen LogP contribution in [0.1, 0.15) is 18.7 Å². The van der Waals surface area contributed by atoms with E-state index in [9.17, 15) is 9.18 Å². The molecule has 0 bridgehead atoms. The first-order valence-corrected chi connectivity index (χ1v) is 9.56. The fourth-order valence-corrected chi connectivity index (χ4v) is 3.61. The molecular weight excluding hydrogens is 369 g/mol. The first-order valence-electron chi connectivity index (χ1n) is 8.68. The Hall–Kier alpha value is -2.65. The van der Waals surface area contributed by atoms with E-state index in [0.717, 1.165) is 25.9 Å². The summed E-state index contributed by atoms with van der Waals surface area (Å²) in [5, 5.41) is 9.35. The second-order valence-corrected chi connectivity index (χ2v) is 7.29. The summed E-state index contributed by atoms with van der Waals surface area (Å²) in [5.74, 6) is 0.677. The van der Waals surface area contributed by atoms with Crippen molar-refractivity contribution in [2.45, 2.75) is 19.4 Å². The first kappa shape index (κ1) is 17.7. The van der Waals surface area contributed by atoms with Gasteiger partial charge in [-0.2, -0.15) is 4.98 Å². The standard InChI is InChI=1S/C18H18FN5O2S/c19-14-3-1-13(2-4-14)17-21-15(23-26-17)11-24-8-5-12(6-9-24)16(25)22-18-20-7-10-27-18/h1-4,7,10,12H,5-6,8-9,11H2,(H,20,22,25). The molecule has 1 aliphatic rings. The number of hydrogen-bond acceptors (Lipinski definition) is 7. The fraction of sp³-hybridized carbons (Fsp3) is 0.333. The minimum atomic E-state index is -0.305. The van der Waals surface area contributed by atoms with Crippen molar-refractivity contribution in [3.05, 3.63) is 47.5 Å². The number of piperidine rings is 1. The van der Waals surface area contributed by atoms with Crippen LogP contribution < -0.4 is 5.32 Å².